The third-order valence-electron chi connectivity index (χ3n) is 6.16. The molecule has 0 bridgehead atoms. The molecule has 1 aliphatic carbocycles. The van der Waals surface area contributed by atoms with Crippen LogP contribution in [0.4, 0.5) is 11.5 Å². The Labute approximate surface area is 205 Å². The van der Waals surface area contributed by atoms with Gasteiger partial charge in [0.2, 0.25) is 17.7 Å². The van der Waals surface area contributed by atoms with Crippen molar-refractivity contribution in [1.82, 2.24) is 10.3 Å². The molecule has 1 saturated carbocycles. The minimum atomic E-state index is -0.326. The number of amides is 3. The van der Waals surface area contributed by atoms with Gasteiger partial charge in [-0.15, -0.1) is 0 Å². The van der Waals surface area contributed by atoms with E-state index < -0.39 is 0 Å². The van der Waals surface area contributed by atoms with E-state index >= 15 is 0 Å². The van der Waals surface area contributed by atoms with Crippen LogP contribution in [0.2, 0.25) is 0 Å². The summed E-state index contributed by atoms with van der Waals surface area (Å²) in [6, 6.07) is 8.91. The van der Waals surface area contributed by atoms with E-state index in [4.69, 9.17) is 9.47 Å². The molecule has 2 N–H and O–H groups in total. The van der Waals surface area contributed by atoms with Crippen molar-refractivity contribution >= 4 is 29.2 Å². The first kappa shape index (κ1) is 24.5. The quantitative estimate of drug-likeness (QED) is 0.600. The molecular formula is C26H32N4O5. The van der Waals surface area contributed by atoms with Crippen molar-refractivity contribution in [3.63, 3.8) is 0 Å². The van der Waals surface area contributed by atoms with Gasteiger partial charge >= 0.3 is 0 Å². The van der Waals surface area contributed by atoms with Gasteiger partial charge < -0.3 is 25.0 Å². The average Bonchev–Trinajstić information content (AvgIpc) is 2.86. The molecule has 4 rings (SSSR count). The van der Waals surface area contributed by atoms with E-state index in [1.165, 1.54) is 11.3 Å². The lowest BCUT2D eigenvalue weighted by atomic mass is 9.95. The van der Waals surface area contributed by atoms with E-state index in [0.717, 1.165) is 31.2 Å². The van der Waals surface area contributed by atoms with Gasteiger partial charge in [0.1, 0.15) is 25.6 Å². The van der Waals surface area contributed by atoms with Crippen molar-refractivity contribution in [1.29, 1.82) is 0 Å². The summed E-state index contributed by atoms with van der Waals surface area (Å²) in [7, 11) is 0. The van der Waals surface area contributed by atoms with E-state index in [-0.39, 0.29) is 43.1 Å². The molecule has 1 aliphatic heterocycles. The molecule has 2 heterocycles. The van der Waals surface area contributed by atoms with Gasteiger partial charge in [0.15, 0.2) is 11.5 Å². The Morgan fingerprint density at radius 3 is 2.51 bits per heavy atom. The molecule has 186 valence electrons. The summed E-state index contributed by atoms with van der Waals surface area (Å²) in [6.07, 6.45) is 6.83. The molecule has 0 saturated heterocycles. The van der Waals surface area contributed by atoms with E-state index in [1.54, 1.807) is 30.5 Å². The minimum absolute atomic E-state index is 0.0280. The Morgan fingerprint density at radius 2 is 1.74 bits per heavy atom. The topological polar surface area (TPSA) is 110 Å². The van der Waals surface area contributed by atoms with Gasteiger partial charge in [0.25, 0.3) is 0 Å². The number of hydrogen-bond donors (Lipinski definition) is 2. The number of aromatic nitrogens is 1. The van der Waals surface area contributed by atoms with Crippen LogP contribution in [0.25, 0.3) is 0 Å². The van der Waals surface area contributed by atoms with Gasteiger partial charge in [-0.05, 0) is 49.6 Å². The molecule has 9 heteroatoms. The Kier molecular flexibility index (Phi) is 8.18. The maximum absolute atomic E-state index is 13.2. The summed E-state index contributed by atoms with van der Waals surface area (Å²) in [6.45, 7) is 2.66. The van der Waals surface area contributed by atoms with Crippen molar-refractivity contribution < 1.29 is 23.9 Å². The minimum Gasteiger partial charge on any atom is -0.486 e. The average molecular weight is 481 g/mol. The maximum atomic E-state index is 13.2. The number of ether oxygens (including phenoxy) is 2. The number of aryl methyl sites for hydroxylation is 1. The Hall–Kier alpha value is -3.62. The van der Waals surface area contributed by atoms with Gasteiger partial charge in [-0.2, -0.15) is 0 Å². The number of rotatable bonds is 8. The Morgan fingerprint density at radius 1 is 0.971 bits per heavy atom. The smallest absolute Gasteiger partial charge is 0.240 e. The highest BCUT2D eigenvalue weighted by Gasteiger charge is 2.24. The van der Waals surface area contributed by atoms with Crippen LogP contribution in [0.5, 0.6) is 11.5 Å². The molecule has 3 amide bonds. The normalized spacial score (nSPS) is 15.2. The van der Waals surface area contributed by atoms with E-state index in [1.807, 2.05) is 13.0 Å². The van der Waals surface area contributed by atoms with Crippen LogP contribution in [0.15, 0.2) is 36.5 Å². The molecule has 1 aromatic heterocycles. The Balaban J connectivity index is 1.43. The van der Waals surface area contributed by atoms with Crippen LogP contribution < -0.4 is 25.0 Å². The fourth-order valence-corrected chi connectivity index (χ4v) is 4.35. The summed E-state index contributed by atoms with van der Waals surface area (Å²) >= 11 is 0. The molecule has 2 aliphatic rings. The first-order valence-corrected chi connectivity index (χ1v) is 12.2. The number of anilines is 2. The summed E-state index contributed by atoms with van der Waals surface area (Å²) < 4.78 is 11.2. The van der Waals surface area contributed by atoms with Gasteiger partial charge in [0.05, 0.1) is 0 Å². The zero-order valence-electron chi connectivity index (χ0n) is 20.0. The van der Waals surface area contributed by atoms with Crippen LogP contribution >= 0.6 is 0 Å². The molecule has 0 spiro atoms. The maximum Gasteiger partial charge on any atom is 0.240 e. The summed E-state index contributed by atoms with van der Waals surface area (Å²) in [5, 5.41) is 5.78. The number of benzene rings is 1. The standard InChI is InChI=1S/C26H32N4O5/c1-18-11-12-27-23(15-18)29-24(31)9-10-26(33)30(17-25(32)28-19-5-3-2-4-6-19)20-7-8-21-22(16-20)35-14-13-34-21/h7-8,11-12,15-16,19H,2-6,9-10,13-14,17H2,1H3,(H,28,32)(H,27,29,31). The highest BCUT2D eigenvalue weighted by molar-refractivity contribution is 6.01. The number of nitrogens with zero attached hydrogens (tertiary/aromatic N) is 2. The van der Waals surface area contributed by atoms with Crippen molar-refractivity contribution in [3.8, 4) is 11.5 Å². The fraction of sp³-hybridized carbons (Fsp3) is 0.462. The van der Waals surface area contributed by atoms with Crippen LogP contribution in [-0.2, 0) is 14.4 Å². The second-order valence-corrected chi connectivity index (χ2v) is 8.98. The number of hydrogen-bond acceptors (Lipinski definition) is 6. The Bertz CT molecular complexity index is 1070. The molecule has 0 atom stereocenters. The molecule has 0 unspecified atom stereocenters. The lowest BCUT2D eigenvalue weighted by Gasteiger charge is -2.27. The molecule has 0 radical (unpaired) electrons. The predicted molar refractivity (Wildman–Crippen MR) is 132 cm³/mol. The number of carbonyl (C=O) groups excluding carboxylic acids is 3. The number of fused-ring (bicyclic) bond motifs is 1. The van der Waals surface area contributed by atoms with E-state index in [9.17, 15) is 14.4 Å². The molecule has 1 aromatic carbocycles. The molecule has 2 aromatic rings. The third-order valence-corrected chi connectivity index (χ3v) is 6.16. The first-order chi connectivity index (χ1) is 17.0. The fourth-order valence-electron chi connectivity index (χ4n) is 4.35. The lowest BCUT2D eigenvalue weighted by molar-refractivity contribution is -0.125. The zero-order chi connectivity index (χ0) is 24.6. The molecular weight excluding hydrogens is 448 g/mol. The van der Waals surface area contributed by atoms with Gasteiger partial charge in [0, 0.05) is 36.8 Å². The summed E-state index contributed by atoms with van der Waals surface area (Å²) in [5.74, 6) is 0.719. The SMILES string of the molecule is Cc1ccnc(NC(=O)CCC(=O)N(CC(=O)NC2CCCCC2)c2ccc3c(c2)OCCO3)c1. The van der Waals surface area contributed by atoms with Gasteiger partial charge in [-0.3, -0.25) is 14.4 Å². The third kappa shape index (κ3) is 6.94. The lowest BCUT2D eigenvalue weighted by Crippen LogP contribution is -2.45. The zero-order valence-corrected chi connectivity index (χ0v) is 20.0. The van der Waals surface area contributed by atoms with Crippen molar-refractivity contribution in [2.75, 3.05) is 30.0 Å². The highest BCUT2D eigenvalue weighted by atomic mass is 16.6. The first-order valence-electron chi connectivity index (χ1n) is 12.2. The molecule has 1 fully saturated rings. The molecule has 9 nitrogen and oxygen atoms in total. The summed E-state index contributed by atoms with van der Waals surface area (Å²) in [4.78, 5) is 44.0. The second kappa shape index (κ2) is 11.7. The van der Waals surface area contributed by atoms with Crippen molar-refractivity contribution in [3.05, 3.63) is 42.1 Å². The van der Waals surface area contributed by atoms with Gasteiger partial charge in [-0.25, -0.2) is 4.98 Å². The van der Waals surface area contributed by atoms with Crippen LogP contribution in [0.3, 0.4) is 0 Å². The second-order valence-electron chi connectivity index (χ2n) is 8.98. The van der Waals surface area contributed by atoms with Crippen molar-refractivity contribution in [2.24, 2.45) is 0 Å². The van der Waals surface area contributed by atoms with Crippen LogP contribution in [0.1, 0.15) is 50.5 Å². The van der Waals surface area contributed by atoms with Crippen LogP contribution in [0, 0.1) is 6.92 Å². The van der Waals surface area contributed by atoms with Gasteiger partial charge in [-0.1, -0.05) is 19.3 Å². The number of carbonyl (C=O) groups is 3. The largest absolute Gasteiger partial charge is 0.486 e. The van der Waals surface area contributed by atoms with Crippen LogP contribution in [-0.4, -0.2) is 48.5 Å². The summed E-state index contributed by atoms with van der Waals surface area (Å²) in [5.41, 5.74) is 1.50. The predicted octanol–water partition coefficient (Wildman–Crippen LogP) is 3.36. The van der Waals surface area contributed by atoms with E-state index in [2.05, 4.69) is 15.6 Å². The number of nitrogens with one attached hydrogen (secondary N) is 2. The highest BCUT2D eigenvalue weighted by Crippen LogP contribution is 2.34. The molecule has 35 heavy (non-hydrogen) atoms. The van der Waals surface area contributed by atoms with E-state index in [0.29, 0.717) is 36.2 Å². The van der Waals surface area contributed by atoms with Crippen molar-refractivity contribution in [2.45, 2.75) is 57.9 Å². The number of pyridine rings is 1. The monoisotopic (exact) mass is 480 g/mol.